The third kappa shape index (κ3) is 2.15. The maximum Gasteiger partial charge on any atom is 0.371 e. The molecule has 0 saturated heterocycles. The number of nitrogens with zero attached hydrogens (tertiary/aromatic N) is 3. The first-order valence-corrected chi connectivity index (χ1v) is 5.22. The molecule has 1 N–H and O–H groups in total. The Morgan fingerprint density at radius 2 is 2.17 bits per heavy atom. The Hall–Kier alpha value is -2.44. The summed E-state index contributed by atoms with van der Waals surface area (Å²) in [5.41, 5.74) is 0.927. The molecule has 0 aromatic carbocycles. The summed E-state index contributed by atoms with van der Waals surface area (Å²) >= 11 is 0. The van der Waals surface area contributed by atoms with E-state index in [2.05, 4.69) is 10.3 Å². The van der Waals surface area contributed by atoms with Crippen LogP contribution in [-0.2, 0) is 6.54 Å². The summed E-state index contributed by atoms with van der Waals surface area (Å²) in [5.74, 6) is -0.976. The summed E-state index contributed by atoms with van der Waals surface area (Å²) in [7, 11) is 0. The second kappa shape index (κ2) is 4.44. The number of carbonyl (C=O) groups is 2. The lowest BCUT2D eigenvalue weighted by molar-refractivity contribution is 0.0660. The van der Waals surface area contributed by atoms with Crippen molar-refractivity contribution in [1.29, 1.82) is 0 Å². The van der Waals surface area contributed by atoms with Gasteiger partial charge < -0.3 is 9.52 Å². The first-order valence-electron chi connectivity index (χ1n) is 5.22. The zero-order valence-electron chi connectivity index (χ0n) is 9.88. The van der Waals surface area contributed by atoms with Gasteiger partial charge in [0.05, 0.1) is 5.69 Å². The number of carbonyl (C=O) groups excluding carboxylic acids is 1. The minimum absolute atomic E-state index is 0.130. The molecule has 2 heterocycles. The number of carboxylic acids is 1. The van der Waals surface area contributed by atoms with Crippen LogP contribution in [0, 0.1) is 6.92 Å². The number of furan rings is 1. The SMILES string of the molecule is CC(=O)c1nnn(Cc2ccc(C(=O)O)o2)c1C. The van der Waals surface area contributed by atoms with Crippen LogP contribution in [0.1, 0.15) is 39.4 Å². The quantitative estimate of drug-likeness (QED) is 0.815. The smallest absolute Gasteiger partial charge is 0.371 e. The van der Waals surface area contributed by atoms with Crippen molar-refractivity contribution in [3.63, 3.8) is 0 Å². The van der Waals surface area contributed by atoms with Gasteiger partial charge in [0.15, 0.2) is 11.5 Å². The van der Waals surface area contributed by atoms with Gasteiger partial charge >= 0.3 is 5.97 Å². The summed E-state index contributed by atoms with van der Waals surface area (Å²) in [6.45, 7) is 3.37. The molecule has 0 unspecified atom stereocenters. The Balaban J connectivity index is 2.23. The maximum atomic E-state index is 11.2. The Labute approximate surface area is 102 Å². The Bertz CT molecular complexity index is 612. The zero-order chi connectivity index (χ0) is 13.3. The van der Waals surface area contributed by atoms with Crippen LogP contribution in [-0.4, -0.2) is 31.9 Å². The largest absolute Gasteiger partial charge is 0.475 e. The molecule has 0 aliphatic rings. The monoisotopic (exact) mass is 249 g/mol. The fourth-order valence-electron chi connectivity index (χ4n) is 1.56. The Morgan fingerprint density at radius 1 is 1.44 bits per heavy atom. The van der Waals surface area contributed by atoms with E-state index in [9.17, 15) is 9.59 Å². The standard InChI is InChI=1S/C11H11N3O4/c1-6-10(7(2)15)12-13-14(6)5-8-3-4-9(18-8)11(16)17/h3-4H,5H2,1-2H3,(H,16,17). The summed E-state index contributed by atoms with van der Waals surface area (Å²) in [6.07, 6.45) is 0. The molecular formula is C11H11N3O4. The van der Waals surface area contributed by atoms with Gasteiger partial charge in [0, 0.05) is 6.92 Å². The highest BCUT2D eigenvalue weighted by molar-refractivity contribution is 5.92. The number of hydrogen-bond donors (Lipinski definition) is 1. The van der Waals surface area contributed by atoms with Crippen LogP contribution in [0.25, 0.3) is 0 Å². The molecule has 2 aromatic rings. The zero-order valence-corrected chi connectivity index (χ0v) is 9.88. The number of aromatic nitrogens is 3. The number of rotatable bonds is 4. The van der Waals surface area contributed by atoms with E-state index in [1.54, 1.807) is 13.0 Å². The van der Waals surface area contributed by atoms with Gasteiger partial charge in [0.25, 0.3) is 0 Å². The van der Waals surface area contributed by atoms with Crippen molar-refractivity contribution in [2.45, 2.75) is 20.4 Å². The van der Waals surface area contributed by atoms with Gasteiger partial charge in [-0.15, -0.1) is 5.10 Å². The normalized spacial score (nSPS) is 10.6. The Kier molecular flexibility index (Phi) is 2.97. The topological polar surface area (TPSA) is 98.2 Å². The summed E-state index contributed by atoms with van der Waals surface area (Å²) in [4.78, 5) is 21.9. The highest BCUT2D eigenvalue weighted by Crippen LogP contribution is 2.12. The molecule has 7 heteroatoms. The van der Waals surface area contributed by atoms with Crippen LogP contribution in [0.5, 0.6) is 0 Å². The first kappa shape index (κ1) is 12.0. The van der Waals surface area contributed by atoms with Crippen molar-refractivity contribution in [2.24, 2.45) is 0 Å². The molecule has 0 radical (unpaired) electrons. The number of carboxylic acid groups (broad SMARTS) is 1. The van der Waals surface area contributed by atoms with E-state index < -0.39 is 5.97 Å². The molecule has 0 amide bonds. The van der Waals surface area contributed by atoms with Crippen molar-refractivity contribution in [2.75, 3.05) is 0 Å². The molecule has 2 rings (SSSR count). The molecule has 0 bridgehead atoms. The summed E-state index contributed by atoms with van der Waals surface area (Å²) < 4.78 is 6.59. The predicted molar refractivity (Wildman–Crippen MR) is 59.5 cm³/mol. The molecule has 0 saturated carbocycles. The molecule has 0 atom stereocenters. The number of ketones is 1. The third-order valence-electron chi connectivity index (χ3n) is 2.49. The van der Waals surface area contributed by atoms with E-state index in [4.69, 9.17) is 9.52 Å². The van der Waals surface area contributed by atoms with E-state index >= 15 is 0 Å². The van der Waals surface area contributed by atoms with E-state index in [0.29, 0.717) is 17.1 Å². The highest BCUT2D eigenvalue weighted by Gasteiger charge is 2.14. The van der Waals surface area contributed by atoms with Gasteiger partial charge in [0.2, 0.25) is 5.76 Å². The average molecular weight is 249 g/mol. The molecule has 0 spiro atoms. The third-order valence-corrected chi connectivity index (χ3v) is 2.49. The molecule has 94 valence electrons. The van der Waals surface area contributed by atoms with Crippen LogP contribution in [0.2, 0.25) is 0 Å². The average Bonchev–Trinajstić information content (AvgIpc) is 2.87. The minimum Gasteiger partial charge on any atom is -0.475 e. The number of Topliss-reactive ketones (excluding diaryl/α,β-unsaturated/α-hetero) is 1. The van der Waals surface area contributed by atoms with E-state index in [1.807, 2.05) is 0 Å². The van der Waals surface area contributed by atoms with Crippen molar-refractivity contribution in [3.05, 3.63) is 35.0 Å². The second-order valence-electron chi connectivity index (χ2n) is 3.81. The highest BCUT2D eigenvalue weighted by atomic mass is 16.4. The van der Waals surface area contributed by atoms with Crippen LogP contribution in [0.4, 0.5) is 0 Å². The summed E-state index contributed by atoms with van der Waals surface area (Å²) in [5, 5.41) is 16.3. The first-order chi connectivity index (χ1) is 8.49. The molecule has 0 aliphatic heterocycles. The van der Waals surface area contributed by atoms with Crippen LogP contribution in [0.3, 0.4) is 0 Å². The molecule has 0 fully saturated rings. The predicted octanol–water partition coefficient (Wildman–Crippen LogP) is 1.13. The maximum absolute atomic E-state index is 11.2. The van der Waals surface area contributed by atoms with Crippen molar-refractivity contribution in [3.8, 4) is 0 Å². The van der Waals surface area contributed by atoms with Gasteiger partial charge in [-0.25, -0.2) is 9.48 Å². The second-order valence-corrected chi connectivity index (χ2v) is 3.81. The lowest BCUT2D eigenvalue weighted by Crippen LogP contribution is -2.04. The Morgan fingerprint density at radius 3 is 2.67 bits per heavy atom. The molecular weight excluding hydrogens is 238 g/mol. The number of hydrogen-bond acceptors (Lipinski definition) is 5. The van der Waals surface area contributed by atoms with E-state index in [0.717, 1.165) is 0 Å². The van der Waals surface area contributed by atoms with Crippen molar-refractivity contribution < 1.29 is 19.1 Å². The van der Waals surface area contributed by atoms with Crippen molar-refractivity contribution >= 4 is 11.8 Å². The van der Waals surface area contributed by atoms with E-state index in [1.165, 1.54) is 17.7 Å². The van der Waals surface area contributed by atoms with Gasteiger partial charge in [-0.05, 0) is 19.1 Å². The lowest BCUT2D eigenvalue weighted by atomic mass is 10.2. The van der Waals surface area contributed by atoms with Crippen LogP contribution >= 0.6 is 0 Å². The van der Waals surface area contributed by atoms with Crippen LogP contribution < -0.4 is 0 Å². The summed E-state index contributed by atoms with van der Waals surface area (Å²) in [6, 6.07) is 2.92. The van der Waals surface area contributed by atoms with Gasteiger partial charge in [0.1, 0.15) is 12.3 Å². The molecule has 18 heavy (non-hydrogen) atoms. The van der Waals surface area contributed by atoms with Gasteiger partial charge in [-0.1, -0.05) is 5.21 Å². The number of aromatic carboxylic acids is 1. The van der Waals surface area contributed by atoms with Crippen molar-refractivity contribution in [1.82, 2.24) is 15.0 Å². The lowest BCUT2D eigenvalue weighted by Gasteiger charge is -2.00. The van der Waals surface area contributed by atoms with E-state index in [-0.39, 0.29) is 18.1 Å². The van der Waals surface area contributed by atoms with Crippen LogP contribution in [0.15, 0.2) is 16.5 Å². The van der Waals surface area contributed by atoms with Gasteiger partial charge in [-0.3, -0.25) is 4.79 Å². The van der Waals surface area contributed by atoms with Gasteiger partial charge in [-0.2, -0.15) is 0 Å². The fourth-order valence-corrected chi connectivity index (χ4v) is 1.56. The molecule has 0 aliphatic carbocycles. The molecule has 2 aromatic heterocycles. The molecule has 7 nitrogen and oxygen atoms in total. The minimum atomic E-state index is -1.12. The fraction of sp³-hybridized carbons (Fsp3) is 0.273.